The van der Waals surface area contributed by atoms with Crippen molar-refractivity contribution in [1.29, 1.82) is 0 Å². The van der Waals surface area contributed by atoms with Gasteiger partial charge < -0.3 is 20.7 Å². The lowest BCUT2D eigenvalue weighted by atomic mass is 10.1. The van der Waals surface area contributed by atoms with E-state index in [2.05, 4.69) is 25.9 Å². The van der Waals surface area contributed by atoms with E-state index in [9.17, 15) is 14.4 Å². The van der Waals surface area contributed by atoms with Crippen LogP contribution in [0.4, 0.5) is 10.5 Å². The monoisotopic (exact) mass is 521 g/mol. The van der Waals surface area contributed by atoms with Gasteiger partial charge in [-0.05, 0) is 87.7 Å². The number of nitrogens with one attached hydrogen (secondary N) is 3. The molecule has 3 N–H and O–H groups in total. The van der Waals surface area contributed by atoms with E-state index >= 15 is 0 Å². The average Bonchev–Trinajstić information content (AvgIpc) is 2.81. The fourth-order valence-corrected chi connectivity index (χ4v) is 4.51. The van der Waals surface area contributed by atoms with Gasteiger partial charge in [-0.15, -0.1) is 0 Å². The SMILES string of the molecule is Cc1cc(C)cc(NC(=O)c2cccnc2SC(NC(=O)CNC(=O)OC(C)(C)C)c2ccncc2)c1. The summed E-state index contributed by atoms with van der Waals surface area (Å²) in [6, 6.07) is 12.7. The summed E-state index contributed by atoms with van der Waals surface area (Å²) in [7, 11) is 0. The Morgan fingerprint density at radius 1 is 1.00 bits per heavy atom. The Kier molecular flexibility index (Phi) is 9.24. The van der Waals surface area contributed by atoms with E-state index < -0.39 is 23.0 Å². The summed E-state index contributed by atoms with van der Waals surface area (Å²) in [5, 5.41) is 8.11. The highest BCUT2D eigenvalue weighted by molar-refractivity contribution is 7.99. The summed E-state index contributed by atoms with van der Waals surface area (Å²) < 4.78 is 5.18. The van der Waals surface area contributed by atoms with Crippen molar-refractivity contribution in [3.63, 3.8) is 0 Å². The van der Waals surface area contributed by atoms with Crippen LogP contribution < -0.4 is 16.0 Å². The third kappa shape index (κ3) is 8.91. The van der Waals surface area contributed by atoms with E-state index in [1.807, 2.05) is 32.0 Å². The molecule has 0 radical (unpaired) electrons. The first-order valence-corrected chi connectivity index (χ1v) is 12.6. The van der Waals surface area contributed by atoms with Gasteiger partial charge in [0.15, 0.2) is 0 Å². The lowest BCUT2D eigenvalue weighted by Gasteiger charge is -2.21. The van der Waals surface area contributed by atoms with Crippen LogP contribution in [-0.4, -0.2) is 40.0 Å². The van der Waals surface area contributed by atoms with Crippen LogP contribution in [0.25, 0.3) is 0 Å². The molecule has 3 rings (SSSR count). The summed E-state index contributed by atoms with van der Waals surface area (Å²) >= 11 is 1.21. The molecule has 0 aliphatic carbocycles. The van der Waals surface area contributed by atoms with Crippen LogP contribution in [0, 0.1) is 13.8 Å². The van der Waals surface area contributed by atoms with Crippen molar-refractivity contribution in [2.24, 2.45) is 0 Å². The van der Waals surface area contributed by atoms with Crippen molar-refractivity contribution in [3.8, 4) is 0 Å². The van der Waals surface area contributed by atoms with Gasteiger partial charge in [-0.2, -0.15) is 0 Å². The second-order valence-electron chi connectivity index (χ2n) is 9.39. The number of ether oxygens (including phenoxy) is 1. The molecule has 0 aliphatic heterocycles. The predicted octanol–water partition coefficient (Wildman–Crippen LogP) is 4.78. The Morgan fingerprint density at radius 3 is 2.32 bits per heavy atom. The Balaban J connectivity index is 1.77. The Bertz CT molecular complexity index is 1240. The lowest BCUT2D eigenvalue weighted by molar-refractivity contribution is -0.120. The highest BCUT2D eigenvalue weighted by atomic mass is 32.2. The predicted molar refractivity (Wildman–Crippen MR) is 143 cm³/mol. The standard InChI is InChI=1S/C27H31N5O4S/c1-17-13-18(2)15-20(14-17)31-23(34)21-7-6-10-29-25(21)37-24(19-8-11-28-12-9-19)32-22(33)16-30-26(35)36-27(3,4)5/h6-15,24H,16H2,1-5H3,(H,30,35)(H,31,34)(H,32,33). The molecule has 1 aromatic carbocycles. The molecular weight excluding hydrogens is 490 g/mol. The number of pyridine rings is 2. The molecule has 2 heterocycles. The van der Waals surface area contributed by atoms with E-state index in [0.29, 0.717) is 16.3 Å². The molecular formula is C27H31N5O4S. The van der Waals surface area contributed by atoms with Gasteiger partial charge in [-0.1, -0.05) is 17.8 Å². The number of amides is 3. The van der Waals surface area contributed by atoms with E-state index in [4.69, 9.17) is 4.74 Å². The van der Waals surface area contributed by atoms with Crippen LogP contribution in [0.3, 0.4) is 0 Å². The summed E-state index contributed by atoms with van der Waals surface area (Å²) in [5.74, 6) is -0.746. The number of anilines is 1. The molecule has 10 heteroatoms. The van der Waals surface area contributed by atoms with Crippen molar-refractivity contribution >= 4 is 35.4 Å². The lowest BCUT2D eigenvalue weighted by Crippen LogP contribution is -2.40. The minimum atomic E-state index is -0.689. The van der Waals surface area contributed by atoms with Crippen molar-refractivity contribution in [3.05, 3.63) is 83.3 Å². The van der Waals surface area contributed by atoms with Crippen molar-refractivity contribution in [2.45, 2.75) is 50.6 Å². The molecule has 0 fully saturated rings. The Labute approximate surface area is 220 Å². The van der Waals surface area contributed by atoms with E-state index in [1.54, 1.807) is 63.6 Å². The first-order chi connectivity index (χ1) is 17.5. The number of hydrogen-bond acceptors (Lipinski definition) is 7. The average molecular weight is 522 g/mol. The number of nitrogens with zero attached hydrogens (tertiary/aromatic N) is 2. The maximum absolute atomic E-state index is 13.2. The zero-order chi connectivity index (χ0) is 27.0. The topological polar surface area (TPSA) is 122 Å². The molecule has 0 saturated heterocycles. The van der Waals surface area contributed by atoms with E-state index in [0.717, 1.165) is 16.7 Å². The quantitative estimate of drug-likeness (QED) is 0.288. The minimum absolute atomic E-state index is 0.278. The number of alkyl carbamates (subject to hydrolysis) is 1. The van der Waals surface area contributed by atoms with Gasteiger partial charge in [0.25, 0.3) is 5.91 Å². The van der Waals surface area contributed by atoms with Gasteiger partial charge >= 0.3 is 6.09 Å². The van der Waals surface area contributed by atoms with Crippen LogP contribution in [0.1, 0.15) is 53.2 Å². The zero-order valence-corrected chi connectivity index (χ0v) is 22.3. The van der Waals surface area contributed by atoms with Gasteiger partial charge in [-0.25, -0.2) is 9.78 Å². The van der Waals surface area contributed by atoms with Gasteiger partial charge in [0, 0.05) is 24.3 Å². The molecule has 0 aliphatic rings. The first-order valence-electron chi connectivity index (χ1n) is 11.7. The normalized spacial score (nSPS) is 11.8. The number of benzene rings is 1. The summed E-state index contributed by atoms with van der Waals surface area (Å²) in [6.07, 6.45) is 4.12. The van der Waals surface area contributed by atoms with Crippen LogP contribution in [0.5, 0.6) is 0 Å². The minimum Gasteiger partial charge on any atom is -0.444 e. The van der Waals surface area contributed by atoms with E-state index in [-0.39, 0.29) is 12.5 Å². The molecule has 0 saturated carbocycles. The van der Waals surface area contributed by atoms with Crippen molar-refractivity contribution < 1.29 is 19.1 Å². The second kappa shape index (κ2) is 12.4. The maximum atomic E-state index is 13.2. The summed E-state index contributed by atoms with van der Waals surface area (Å²) in [6.45, 7) is 8.87. The molecule has 0 bridgehead atoms. The number of hydrogen-bond donors (Lipinski definition) is 3. The van der Waals surface area contributed by atoms with Crippen LogP contribution in [-0.2, 0) is 9.53 Å². The second-order valence-corrected chi connectivity index (χ2v) is 10.5. The van der Waals surface area contributed by atoms with Crippen molar-refractivity contribution in [1.82, 2.24) is 20.6 Å². The Morgan fingerprint density at radius 2 is 1.68 bits per heavy atom. The van der Waals surface area contributed by atoms with Gasteiger partial charge in [0.05, 0.1) is 5.56 Å². The maximum Gasteiger partial charge on any atom is 0.408 e. The number of carbonyl (C=O) groups excluding carboxylic acids is 3. The van der Waals surface area contributed by atoms with Crippen LogP contribution in [0.2, 0.25) is 0 Å². The van der Waals surface area contributed by atoms with Crippen LogP contribution >= 0.6 is 11.8 Å². The van der Waals surface area contributed by atoms with Gasteiger partial charge in [-0.3, -0.25) is 14.6 Å². The molecule has 2 aromatic heterocycles. The molecule has 3 amide bonds. The molecule has 1 atom stereocenters. The number of thioether (sulfide) groups is 1. The number of carbonyl (C=O) groups is 3. The fraction of sp³-hybridized carbons (Fsp3) is 0.296. The summed E-state index contributed by atoms with van der Waals surface area (Å²) in [4.78, 5) is 46.3. The highest BCUT2D eigenvalue weighted by Gasteiger charge is 2.22. The molecule has 0 spiro atoms. The van der Waals surface area contributed by atoms with E-state index in [1.165, 1.54) is 11.8 Å². The van der Waals surface area contributed by atoms with Gasteiger partial charge in [0.1, 0.15) is 22.5 Å². The largest absolute Gasteiger partial charge is 0.444 e. The number of aromatic nitrogens is 2. The number of rotatable bonds is 8. The molecule has 194 valence electrons. The fourth-order valence-electron chi connectivity index (χ4n) is 3.40. The molecule has 37 heavy (non-hydrogen) atoms. The third-order valence-corrected chi connectivity index (χ3v) is 5.99. The summed E-state index contributed by atoms with van der Waals surface area (Å²) in [5.41, 5.74) is 3.20. The number of aryl methyl sites for hydroxylation is 2. The first kappa shape index (κ1) is 27.7. The molecule has 1 unspecified atom stereocenters. The highest BCUT2D eigenvalue weighted by Crippen LogP contribution is 2.34. The van der Waals surface area contributed by atoms with Gasteiger partial charge in [0.2, 0.25) is 5.91 Å². The van der Waals surface area contributed by atoms with Crippen LogP contribution in [0.15, 0.2) is 66.1 Å². The zero-order valence-electron chi connectivity index (χ0n) is 21.5. The smallest absolute Gasteiger partial charge is 0.408 e. The van der Waals surface area contributed by atoms with Crippen molar-refractivity contribution in [2.75, 3.05) is 11.9 Å². The Hall–Kier alpha value is -3.92. The molecule has 3 aromatic rings. The molecule has 9 nitrogen and oxygen atoms in total. The third-order valence-electron chi connectivity index (χ3n) is 4.82.